The lowest BCUT2D eigenvalue weighted by atomic mass is 10.1. The number of amides is 1. The van der Waals surface area contributed by atoms with Crippen LogP contribution in [0.25, 0.3) is 23.1 Å². The van der Waals surface area contributed by atoms with Gasteiger partial charge in [-0.15, -0.1) is 10.2 Å². The number of hydrogen-bond donors (Lipinski definition) is 1. The molecule has 3 aromatic heterocycles. The molecule has 0 saturated heterocycles. The molecule has 0 aliphatic carbocycles. The first-order chi connectivity index (χ1) is 13.9. The van der Waals surface area contributed by atoms with E-state index in [1.165, 1.54) is 0 Å². The number of carbonyl (C=O) groups excluding carboxylic acids is 1. The van der Waals surface area contributed by atoms with Gasteiger partial charge < -0.3 is 18.7 Å². The maximum Gasteiger partial charge on any atom is 0.283 e. The summed E-state index contributed by atoms with van der Waals surface area (Å²) in [4.78, 5) is 12.6. The molecular formula is C22H22N4O3. The SMILES string of the molecule is Cc1ccc(NC(=O)Cn2c(C)cc(-c3nnc(-c4ccco4)o3)c2C)c(C)c1. The number of aryl methyl sites for hydroxylation is 3. The average molecular weight is 390 g/mol. The largest absolute Gasteiger partial charge is 0.459 e. The summed E-state index contributed by atoms with van der Waals surface area (Å²) in [5, 5.41) is 11.2. The highest BCUT2D eigenvalue weighted by atomic mass is 16.4. The zero-order chi connectivity index (χ0) is 20.5. The van der Waals surface area contributed by atoms with Crippen molar-refractivity contribution < 1.29 is 13.6 Å². The summed E-state index contributed by atoms with van der Waals surface area (Å²) < 4.78 is 13.0. The molecule has 0 bridgehead atoms. The van der Waals surface area contributed by atoms with Crippen LogP contribution in [-0.2, 0) is 11.3 Å². The molecule has 4 aromatic rings. The van der Waals surface area contributed by atoms with Crippen LogP contribution in [0.5, 0.6) is 0 Å². The van der Waals surface area contributed by atoms with Crippen molar-refractivity contribution in [3.05, 3.63) is 65.2 Å². The van der Waals surface area contributed by atoms with E-state index in [9.17, 15) is 4.79 Å². The standard InChI is InChI=1S/C22H22N4O3/c1-13-7-8-18(14(2)10-13)23-20(27)12-26-15(3)11-17(16(26)4)21-24-25-22(29-21)19-6-5-9-28-19/h5-11H,12H2,1-4H3,(H,23,27). The lowest BCUT2D eigenvalue weighted by Gasteiger charge is -2.12. The normalized spacial score (nSPS) is 11.0. The molecule has 29 heavy (non-hydrogen) atoms. The zero-order valence-electron chi connectivity index (χ0n) is 16.8. The number of rotatable bonds is 5. The predicted molar refractivity (Wildman–Crippen MR) is 109 cm³/mol. The third-order valence-electron chi connectivity index (χ3n) is 4.92. The number of carbonyl (C=O) groups is 1. The molecule has 7 heteroatoms. The Kier molecular flexibility index (Phi) is 4.80. The monoisotopic (exact) mass is 390 g/mol. The number of aromatic nitrogens is 3. The fourth-order valence-electron chi connectivity index (χ4n) is 3.38. The number of furan rings is 1. The Morgan fingerprint density at radius 3 is 2.59 bits per heavy atom. The van der Waals surface area contributed by atoms with Crippen LogP contribution in [0, 0.1) is 27.7 Å². The molecule has 4 rings (SSSR count). The molecule has 0 aliphatic heterocycles. The van der Waals surface area contributed by atoms with Gasteiger partial charge >= 0.3 is 0 Å². The number of hydrogen-bond acceptors (Lipinski definition) is 5. The molecule has 3 heterocycles. The molecule has 0 fully saturated rings. The predicted octanol–water partition coefficient (Wildman–Crippen LogP) is 4.67. The summed E-state index contributed by atoms with van der Waals surface area (Å²) in [6.07, 6.45) is 1.56. The van der Waals surface area contributed by atoms with Crippen LogP contribution in [0.1, 0.15) is 22.5 Å². The summed E-state index contributed by atoms with van der Waals surface area (Å²) in [6, 6.07) is 11.4. The van der Waals surface area contributed by atoms with E-state index >= 15 is 0 Å². The Morgan fingerprint density at radius 1 is 1.07 bits per heavy atom. The highest BCUT2D eigenvalue weighted by Crippen LogP contribution is 2.29. The first-order valence-electron chi connectivity index (χ1n) is 9.34. The molecule has 1 N–H and O–H groups in total. The fraction of sp³-hybridized carbons (Fsp3) is 0.227. The fourth-order valence-corrected chi connectivity index (χ4v) is 3.38. The second-order valence-corrected chi connectivity index (χ2v) is 7.13. The quantitative estimate of drug-likeness (QED) is 0.535. The van der Waals surface area contributed by atoms with Gasteiger partial charge in [-0.05, 0) is 57.5 Å². The average Bonchev–Trinajstić information content (AvgIpc) is 3.41. The van der Waals surface area contributed by atoms with Crippen LogP contribution in [0.4, 0.5) is 5.69 Å². The first kappa shape index (κ1) is 18.7. The minimum atomic E-state index is -0.0906. The van der Waals surface area contributed by atoms with E-state index in [-0.39, 0.29) is 12.5 Å². The third-order valence-corrected chi connectivity index (χ3v) is 4.92. The lowest BCUT2D eigenvalue weighted by Crippen LogP contribution is -2.20. The van der Waals surface area contributed by atoms with Gasteiger partial charge in [-0.2, -0.15) is 0 Å². The summed E-state index contributed by atoms with van der Waals surface area (Å²) in [5.41, 5.74) is 5.64. The Labute approximate surface area is 168 Å². The first-order valence-corrected chi connectivity index (χ1v) is 9.34. The van der Waals surface area contributed by atoms with Crippen LogP contribution in [-0.4, -0.2) is 20.7 Å². The Morgan fingerprint density at radius 2 is 1.86 bits per heavy atom. The minimum absolute atomic E-state index is 0.0906. The Balaban J connectivity index is 1.55. The van der Waals surface area contributed by atoms with Crippen LogP contribution in [0.15, 0.2) is 51.5 Å². The second-order valence-electron chi connectivity index (χ2n) is 7.13. The van der Waals surface area contributed by atoms with E-state index in [0.717, 1.165) is 33.8 Å². The van der Waals surface area contributed by atoms with Gasteiger partial charge in [0.15, 0.2) is 5.76 Å². The molecule has 7 nitrogen and oxygen atoms in total. The van der Waals surface area contributed by atoms with Gasteiger partial charge in [0.1, 0.15) is 6.54 Å². The molecule has 1 amide bonds. The van der Waals surface area contributed by atoms with Gasteiger partial charge in [0, 0.05) is 17.1 Å². The summed E-state index contributed by atoms with van der Waals surface area (Å²) in [7, 11) is 0. The Bertz CT molecular complexity index is 1170. The van der Waals surface area contributed by atoms with Crippen molar-refractivity contribution in [2.45, 2.75) is 34.2 Å². The smallest absolute Gasteiger partial charge is 0.283 e. The molecule has 0 saturated carbocycles. The van der Waals surface area contributed by atoms with E-state index in [2.05, 4.69) is 15.5 Å². The maximum absolute atomic E-state index is 12.6. The number of nitrogens with one attached hydrogen (secondary N) is 1. The molecule has 0 aliphatic rings. The van der Waals surface area contributed by atoms with Crippen molar-refractivity contribution >= 4 is 11.6 Å². The van der Waals surface area contributed by atoms with Crippen LogP contribution in [0.3, 0.4) is 0 Å². The molecule has 1 aromatic carbocycles. The van der Waals surface area contributed by atoms with Gasteiger partial charge in [0.2, 0.25) is 11.8 Å². The molecule has 0 spiro atoms. The topological polar surface area (TPSA) is 86.1 Å². The third kappa shape index (κ3) is 3.71. The zero-order valence-corrected chi connectivity index (χ0v) is 16.8. The van der Waals surface area contributed by atoms with Gasteiger partial charge in [-0.3, -0.25) is 4.79 Å². The van der Waals surface area contributed by atoms with Crippen LogP contribution < -0.4 is 5.32 Å². The van der Waals surface area contributed by atoms with Gasteiger partial charge in [-0.25, -0.2) is 0 Å². The number of nitrogens with zero attached hydrogens (tertiary/aromatic N) is 3. The van der Waals surface area contributed by atoms with Crippen molar-refractivity contribution in [2.24, 2.45) is 0 Å². The highest BCUT2D eigenvalue weighted by Gasteiger charge is 2.19. The van der Waals surface area contributed by atoms with Crippen molar-refractivity contribution in [3.8, 4) is 23.1 Å². The summed E-state index contributed by atoms with van der Waals surface area (Å²) in [5.74, 6) is 1.14. The minimum Gasteiger partial charge on any atom is -0.459 e. The van der Waals surface area contributed by atoms with Crippen molar-refractivity contribution in [1.82, 2.24) is 14.8 Å². The van der Waals surface area contributed by atoms with Crippen LogP contribution >= 0.6 is 0 Å². The van der Waals surface area contributed by atoms with Gasteiger partial charge in [0.05, 0.1) is 11.8 Å². The lowest BCUT2D eigenvalue weighted by molar-refractivity contribution is -0.116. The Hall–Kier alpha value is -3.61. The molecule has 0 radical (unpaired) electrons. The van der Waals surface area contributed by atoms with Crippen molar-refractivity contribution in [3.63, 3.8) is 0 Å². The highest BCUT2D eigenvalue weighted by molar-refractivity contribution is 5.91. The maximum atomic E-state index is 12.6. The second kappa shape index (κ2) is 7.43. The van der Waals surface area contributed by atoms with Gasteiger partial charge in [0.25, 0.3) is 5.89 Å². The van der Waals surface area contributed by atoms with E-state index in [0.29, 0.717) is 17.5 Å². The van der Waals surface area contributed by atoms with Gasteiger partial charge in [-0.1, -0.05) is 17.7 Å². The van der Waals surface area contributed by atoms with E-state index in [1.807, 2.05) is 56.5 Å². The van der Waals surface area contributed by atoms with Crippen LogP contribution in [0.2, 0.25) is 0 Å². The number of benzene rings is 1. The van der Waals surface area contributed by atoms with E-state index in [4.69, 9.17) is 8.83 Å². The van der Waals surface area contributed by atoms with E-state index in [1.54, 1.807) is 18.4 Å². The number of anilines is 1. The molecule has 0 atom stereocenters. The molecule has 0 unspecified atom stereocenters. The molecule has 148 valence electrons. The van der Waals surface area contributed by atoms with Crippen molar-refractivity contribution in [2.75, 3.05) is 5.32 Å². The molecular weight excluding hydrogens is 368 g/mol. The van der Waals surface area contributed by atoms with E-state index < -0.39 is 0 Å². The van der Waals surface area contributed by atoms with Crippen molar-refractivity contribution in [1.29, 1.82) is 0 Å². The summed E-state index contributed by atoms with van der Waals surface area (Å²) >= 11 is 0. The summed E-state index contributed by atoms with van der Waals surface area (Å²) in [6.45, 7) is 8.10.